The molecule has 0 fully saturated rings. The highest BCUT2D eigenvalue weighted by molar-refractivity contribution is 9.10. The molecule has 1 atom stereocenters. The average Bonchev–Trinajstić information content (AvgIpc) is 2.37. The number of rotatable bonds is 2. The van der Waals surface area contributed by atoms with Gasteiger partial charge in [-0.1, -0.05) is 22.0 Å². The van der Waals surface area contributed by atoms with Gasteiger partial charge in [-0.2, -0.15) is 13.2 Å². The highest BCUT2D eigenvalue weighted by Gasteiger charge is 2.35. The Kier molecular flexibility index (Phi) is 4.01. The van der Waals surface area contributed by atoms with Crippen LogP contribution in [0.1, 0.15) is 22.8 Å². The number of hydrogen-bond acceptors (Lipinski definition) is 3. The van der Waals surface area contributed by atoms with Crippen LogP contribution in [-0.2, 0) is 6.18 Å². The standard InChI is InChI=1S/C13H10BrF3N2O/c14-7-1-2-8(10(5-7)13(15,16)17)12(20)9-6-19-4-3-11(9)18/h1-6,12,20H,(H2,18,19). The summed E-state index contributed by atoms with van der Waals surface area (Å²) in [6.45, 7) is 0. The van der Waals surface area contributed by atoms with Crippen LogP contribution in [0.5, 0.6) is 0 Å². The smallest absolute Gasteiger partial charge is 0.398 e. The summed E-state index contributed by atoms with van der Waals surface area (Å²) in [5.41, 5.74) is 4.80. The fraction of sp³-hybridized carbons (Fsp3) is 0.154. The molecule has 2 aromatic rings. The SMILES string of the molecule is Nc1ccncc1C(O)c1ccc(Br)cc1C(F)(F)F. The van der Waals surface area contributed by atoms with Gasteiger partial charge >= 0.3 is 6.18 Å². The van der Waals surface area contributed by atoms with Crippen molar-refractivity contribution in [3.8, 4) is 0 Å². The second-order valence-electron chi connectivity index (χ2n) is 4.14. The van der Waals surface area contributed by atoms with Crippen LogP contribution < -0.4 is 5.73 Å². The Morgan fingerprint density at radius 2 is 1.90 bits per heavy atom. The third-order valence-electron chi connectivity index (χ3n) is 2.80. The van der Waals surface area contributed by atoms with Crippen molar-refractivity contribution in [3.05, 3.63) is 57.8 Å². The molecule has 1 heterocycles. The monoisotopic (exact) mass is 346 g/mol. The quantitative estimate of drug-likeness (QED) is 0.874. The van der Waals surface area contributed by atoms with E-state index in [2.05, 4.69) is 20.9 Å². The molecule has 0 aliphatic rings. The van der Waals surface area contributed by atoms with Gasteiger partial charge in [0.05, 0.1) is 5.56 Å². The van der Waals surface area contributed by atoms with Crippen molar-refractivity contribution in [1.82, 2.24) is 4.98 Å². The van der Waals surface area contributed by atoms with E-state index in [1.54, 1.807) is 0 Å². The van der Waals surface area contributed by atoms with E-state index in [1.807, 2.05) is 0 Å². The summed E-state index contributed by atoms with van der Waals surface area (Å²) in [6.07, 6.45) is -3.41. The zero-order valence-corrected chi connectivity index (χ0v) is 11.6. The van der Waals surface area contributed by atoms with Crippen molar-refractivity contribution in [3.63, 3.8) is 0 Å². The molecule has 0 aliphatic carbocycles. The summed E-state index contributed by atoms with van der Waals surface area (Å²) >= 11 is 2.99. The molecular weight excluding hydrogens is 337 g/mol. The van der Waals surface area contributed by atoms with Gasteiger partial charge < -0.3 is 10.8 Å². The zero-order valence-electron chi connectivity index (χ0n) is 10.0. The highest BCUT2D eigenvalue weighted by Crippen LogP contribution is 2.38. The second kappa shape index (κ2) is 5.41. The Morgan fingerprint density at radius 1 is 1.20 bits per heavy atom. The number of aliphatic hydroxyl groups excluding tert-OH is 1. The van der Waals surface area contributed by atoms with Gasteiger partial charge in [0, 0.05) is 28.1 Å². The number of pyridine rings is 1. The van der Waals surface area contributed by atoms with Crippen LogP contribution in [-0.4, -0.2) is 10.1 Å². The number of nitrogens with zero attached hydrogens (tertiary/aromatic N) is 1. The molecular formula is C13H10BrF3N2O. The first-order valence-corrected chi connectivity index (χ1v) is 6.34. The Balaban J connectivity index is 2.56. The van der Waals surface area contributed by atoms with Crippen LogP contribution in [0, 0.1) is 0 Å². The fourth-order valence-electron chi connectivity index (χ4n) is 1.83. The van der Waals surface area contributed by atoms with Crippen LogP contribution >= 0.6 is 15.9 Å². The number of nitrogens with two attached hydrogens (primary N) is 1. The molecule has 2 rings (SSSR count). The van der Waals surface area contributed by atoms with Crippen molar-refractivity contribution < 1.29 is 18.3 Å². The minimum atomic E-state index is -4.57. The van der Waals surface area contributed by atoms with E-state index in [0.29, 0.717) is 0 Å². The van der Waals surface area contributed by atoms with Crippen LogP contribution in [0.4, 0.5) is 18.9 Å². The molecule has 0 aliphatic heterocycles. The van der Waals surface area contributed by atoms with E-state index in [9.17, 15) is 18.3 Å². The Morgan fingerprint density at radius 3 is 2.50 bits per heavy atom. The number of anilines is 1. The average molecular weight is 347 g/mol. The van der Waals surface area contributed by atoms with E-state index >= 15 is 0 Å². The maximum Gasteiger partial charge on any atom is 0.416 e. The molecule has 0 saturated carbocycles. The van der Waals surface area contributed by atoms with Crippen molar-refractivity contribution in [2.75, 3.05) is 5.73 Å². The molecule has 0 radical (unpaired) electrons. The number of aliphatic hydroxyl groups is 1. The fourth-order valence-corrected chi connectivity index (χ4v) is 2.19. The predicted octanol–water partition coefficient (Wildman–Crippen LogP) is 3.53. The molecule has 0 amide bonds. The first kappa shape index (κ1) is 14.8. The van der Waals surface area contributed by atoms with Crippen molar-refractivity contribution in [2.24, 2.45) is 0 Å². The summed E-state index contributed by atoms with van der Waals surface area (Å²) in [4.78, 5) is 3.77. The summed E-state index contributed by atoms with van der Waals surface area (Å²) in [5.74, 6) is 0. The predicted molar refractivity (Wildman–Crippen MR) is 71.9 cm³/mol. The van der Waals surface area contributed by atoms with E-state index in [-0.39, 0.29) is 21.3 Å². The molecule has 1 aromatic carbocycles. The molecule has 1 aromatic heterocycles. The van der Waals surface area contributed by atoms with Crippen LogP contribution in [0.25, 0.3) is 0 Å². The molecule has 20 heavy (non-hydrogen) atoms. The first-order chi connectivity index (χ1) is 9.30. The van der Waals surface area contributed by atoms with E-state index in [4.69, 9.17) is 5.73 Å². The number of hydrogen-bond donors (Lipinski definition) is 2. The van der Waals surface area contributed by atoms with E-state index < -0.39 is 17.8 Å². The molecule has 0 saturated heterocycles. The Bertz CT molecular complexity index is 631. The summed E-state index contributed by atoms with van der Waals surface area (Å²) in [6, 6.07) is 4.99. The molecule has 3 nitrogen and oxygen atoms in total. The first-order valence-electron chi connectivity index (χ1n) is 5.55. The van der Waals surface area contributed by atoms with Gasteiger partial charge in [-0.15, -0.1) is 0 Å². The lowest BCUT2D eigenvalue weighted by atomic mass is 9.96. The third-order valence-corrected chi connectivity index (χ3v) is 3.29. The molecule has 1 unspecified atom stereocenters. The van der Waals surface area contributed by atoms with Crippen LogP contribution in [0.2, 0.25) is 0 Å². The van der Waals surface area contributed by atoms with Crippen molar-refractivity contribution in [2.45, 2.75) is 12.3 Å². The lowest BCUT2D eigenvalue weighted by molar-refractivity contribution is -0.139. The van der Waals surface area contributed by atoms with Gasteiger partial charge in [-0.05, 0) is 23.8 Å². The van der Waals surface area contributed by atoms with Gasteiger partial charge in [0.2, 0.25) is 0 Å². The van der Waals surface area contributed by atoms with Gasteiger partial charge in [0.25, 0.3) is 0 Å². The minimum absolute atomic E-state index is 0.139. The summed E-state index contributed by atoms with van der Waals surface area (Å²) in [7, 11) is 0. The Hall–Kier alpha value is -1.60. The van der Waals surface area contributed by atoms with Crippen molar-refractivity contribution in [1.29, 1.82) is 0 Å². The largest absolute Gasteiger partial charge is 0.416 e. The minimum Gasteiger partial charge on any atom is -0.398 e. The number of alkyl halides is 3. The topological polar surface area (TPSA) is 59.1 Å². The molecule has 0 bridgehead atoms. The van der Waals surface area contributed by atoms with Crippen LogP contribution in [0.3, 0.4) is 0 Å². The summed E-state index contributed by atoms with van der Waals surface area (Å²) < 4.78 is 39.4. The van der Waals surface area contributed by atoms with Gasteiger partial charge in [-0.25, -0.2) is 0 Å². The number of nitrogen functional groups attached to an aromatic ring is 1. The Labute approximate surface area is 121 Å². The summed E-state index contributed by atoms with van der Waals surface area (Å²) in [5, 5.41) is 10.2. The number of aromatic nitrogens is 1. The van der Waals surface area contributed by atoms with Crippen LogP contribution in [0.15, 0.2) is 41.1 Å². The maximum atomic E-state index is 13.0. The van der Waals surface area contributed by atoms with Crippen molar-refractivity contribution >= 4 is 21.6 Å². The zero-order chi connectivity index (χ0) is 14.9. The van der Waals surface area contributed by atoms with Gasteiger partial charge in [-0.3, -0.25) is 4.98 Å². The normalized spacial score (nSPS) is 13.2. The molecule has 3 N–H and O–H groups in total. The second-order valence-corrected chi connectivity index (χ2v) is 5.05. The number of halogens is 4. The van der Waals surface area contributed by atoms with E-state index in [0.717, 1.165) is 6.07 Å². The highest BCUT2D eigenvalue weighted by atomic mass is 79.9. The third kappa shape index (κ3) is 2.94. The molecule has 0 spiro atoms. The number of benzene rings is 1. The van der Waals surface area contributed by atoms with Gasteiger partial charge in [0.1, 0.15) is 6.10 Å². The lowest BCUT2D eigenvalue weighted by Crippen LogP contribution is -2.14. The molecule has 7 heteroatoms. The van der Waals surface area contributed by atoms with Gasteiger partial charge in [0.15, 0.2) is 0 Å². The van der Waals surface area contributed by atoms with E-state index in [1.165, 1.54) is 30.6 Å². The lowest BCUT2D eigenvalue weighted by Gasteiger charge is -2.19. The molecule has 106 valence electrons. The maximum absolute atomic E-state index is 13.0.